The van der Waals surface area contributed by atoms with E-state index in [0.29, 0.717) is 17.4 Å². The zero-order valence-electron chi connectivity index (χ0n) is 32.7. The number of benzene rings is 6. The summed E-state index contributed by atoms with van der Waals surface area (Å²) >= 11 is 0.486. The maximum atomic E-state index is 12.2. The summed E-state index contributed by atoms with van der Waals surface area (Å²) in [5, 5.41) is 72.5. The molecule has 1 aromatic heterocycles. The number of carboxylic acids is 1. The minimum Gasteiger partial charge on any atom is -0.505 e. The lowest BCUT2D eigenvalue weighted by Gasteiger charge is -2.22. The molecule has 7 aromatic rings. The van der Waals surface area contributed by atoms with Crippen molar-refractivity contribution in [3.05, 3.63) is 103 Å². The summed E-state index contributed by atoms with van der Waals surface area (Å²) in [6, 6.07) is 20.3. The van der Waals surface area contributed by atoms with E-state index in [1.807, 2.05) is 0 Å². The van der Waals surface area contributed by atoms with Crippen LogP contribution in [0.3, 0.4) is 0 Å². The van der Waals surface area contributed by atoms with Crippen LogP contribution >= 0.6 is 22.9 Å². The largest absolute Gasteiger partial charge is 0.505 e. The van der Waals surface area contributed by atoms with Crippen LogP contribution in [0.4, 0.5) is 34.1 Å². The van der Waals surface area contributed by atoms with Crippen LogP contribution in [0.25, 0.3) is 27.2 Å². The highest BCUT2D eigenvalue weighted by molar-refractivity contribution is 8.19. The van der Waals surface area contributed by atoms with E-state index in [-0.39, 0.29) is 55.2 Å². The van der Waals surface area contributed by atoms with Crippen LogP contribution in [0.1, 0.15) is 10.5 Å². The van der Waals surface area contributed by atoms with Gasteiger partial charge in [-0.1, -0.05) is 17.2 Å². The molecular formula is C37H28N8O17S4. The van der Waals surface area contributed by atoms with Gasteiger partial charge in [-0.15, -0.1) is 19.7 Å². The van der Waals surface area contributed by atoms with Gasteiger partial charge in [0.25, 0.3) is 20.2 Å². The predicted octanol–water partition coefficient (Wildman–Crippen LogP) is 10.0. The van der Waals surface area contributed by atoms with Gasteiger partial charge in [-0.3, -0.25) is 9.11 Å². The minimum atomic E-state index is -4.74. The first-order valence-electron chi connectivity index (χ1n) is 17.7. The molecule has 0 bridgehead atoms. The van der Waals surface area contributed by atoms with E-state index in [0.717, 1.165) is 41.1 Å². The summed E-state index contributed by atoms with van der Waals surface area (Å²) in [7, 11) is -12.6. The van der Waals surface area contributed by atoms with Crippen LogP contribution in [0.15, 0.2) is 147 Å². The van der Waals surface area contributed by atoms with Gasteiger partial charge in [0, 0.05) is 21.7 Å². The van der Waals surface area contributed by atoms with E-state index in [1.165, 1.54) is 67.8 Å². The van der Waals surface area contributed by atoms with Gasteiger partial charge >= 0.3 is 5.97 Å². The summed E-state index contributed by atoms with van der Waals surface area (Å²) in [5.41, 5.74) is -1.67. The van der Waals surface area contributed by atoms with Crippen molar-refractivity contribution in [3.63, 3.8) is 0 Å². The molecule has 66 heavy (non-hydrogen) atoms. The number of aromatic hydroxyl groups is 2. The van der Waals surface area contributed by atoms with Crippen molar-refractivity contribution in [2.24, 2.45) is 30.7 Å². The number of phenolic OH excluding ortho intramolecular Hbond substituents is 1. The maximum absolute atomic E-state index is 12.2. The van der Waals surface area contributed by atoms with E-state index in [4.69, 9.17) is 9.99 Å². The molecule has 29 heteroatoms. The molecular weight excluding hydrogens is 957 g/mol. The average molecular weight is 985 g/mol. The lowest BCUT2D eigenvalue weighted by Crippen LogP contribution is -2.02. The molecule has 0 aliphatic heterocycles. The number of hydrogen-bond acceptors (Lipinski definition) is 22. The molecule has 0 aliphatic rings. The molecule has 0 spiro atoms. The number of nitrogens with zero attached hydrogens (tertiary/aromatic N) is 8. The molecule has 0 amide bonds. The quantitative estimate of drug-likeness (QED) is 0.0151. The number of carbonyl (C=O) groups is 1. The molecule has 0 atom stereocenters. The molecule has 0 saturated heterocycles. The number of aromatic nitrogens is 2. The average Bonchev–Trinajstić information content (AvgIpc) is 3.61. The summed E-state index contributed by atoms with van der Waals surface area (Å²) in [6.45, 7) is 0. The first-order chi connectivity index (χ1) is 31.2. The number of phenols is 1. The highest BCUT2D eigenvalue weighted by Crippen LogP contribution is 2.55. The lowest BCUT2D eigenvalue weighted by molar-refractivity contribution is -0.432. The summed E-state index contributed by atoms with van der Waals surface area (Å²) in [4.78, 5) is 10.6. The molecule has 0 radical (unpaired) electrons. The monoisotopic (exact) mass is 984 g/mol. The van der Waals surface area contributed by atoms with Crippen molar-refractivity contribution < 1.29 is 79.1 Å². The first kappa shape index (κ1) is 47.0. The Morgan fingerprint density at radius 1 is 0.667 bits per heavy atom. The number of azo groups is 3. The Labute approximate surface area is 375 Å². The van der Waals surface area contributed by atoms with E-state index in [2.05, 4.69) is 45.2 Å². The molecule has 9 N–H and O–H groups in total. The maximum Gasteiger partial charge on any atom is 0.358 e. The summed E-state index contributed by atoms with van der Waals surface area (Å²) < 4.78 is 108. The number of carboxylic acid groups (broad SMARTS) is 1. The van der Waals surface area contributed by atoms with Gasteiger partial charge in [-0.05, 0) is 89.6 Å². The van der Waals surface area contributed by atoms with Gasteiger partial charge in [-0.2, -0.15) is 42.0 Å². The first-order valence-corrected chi connectivity index (χ1v) is 22.9. The van der Waals surface area contributed by atoms with Crippen molar-refractivity contribution >= 4 is 105 Å². The predicted molar refractivity (Wildman–Crippen MR) is 231 cm³/mol. The minimum absolute atomic E-state index is 0.00980. The topological polar surface area (TPSA) is 387 Å². The number of ether oxygens (including phenoxy) is 1. The highest BCUT2D eigenvalue weighted by atomic mass is 32.3. The molecule has 25 nitrogen and oxygen atoms in total. The molecule has 0 unspecified atom stereocenters. The van der Waals surface area contributed by atoms with E-state index >= 15 is 0 Å². The molecule has 7 rings (SSSR count). The Kier molecular flexibility index (Phi) is 13.1. The molecule has 0 fully saturated rings. The van der Waals surface area contributed by atoms with Gasteiger partial charge in [0.1, 0.15) is 32.9 Å². The fourth-order valence-electron chi connectivity index (χ4n) is 6.07. The highest BCUT2D eigenvalue weighted by Gasteiger charge is 2.27. The molecule has 0 aliphatic carbocycles. The Bertz CT molecular complexity index is 3400. The Balaban J connectivity index is 1.19. The van der Waals surface area contributed by atoms with Gasteiger partial charge in [0.05, 0.1) is 51.7 Å². The van der Waals surface area contributed by atoms with Crippen LogP contribution in [0.2, 0.25) is 0 Å². The van der Waals surface area contributed by atoms with Crippen LogP contribution in [0, 0.1) is 0 Å². The Morgan fingerprint density at radius 2 is 1.26 bits per heavy atom. The second-order valence-electron chi connectivity index (χ2n) is 13.2. The van der Waals surface area contributed by atoms with Crippen LogP contribution in [-0.4, -0.2) is 83.0 Å². The lowest BCUT2D eigenvalue weighted by atomic mass is 10.1. The molecule has 6 aromatic carbocycles. The molecule has 0 saturated carbocycles. The van der Waals surface area contributed by atoms with Crippen LogP contribution < -0.4 is 4.74 Å². The zero-order chi connectivity index (χ0) is 47.7. The number of rotatable bonds is 15. The SMILES string of the molecule is COc1cc(N=Nc2ccc3cc(SOOO)cc(S(=O)(=O)O)c3c2)ccc1N=Nc1c(S(O)(O)O)cc2ccc(N=Nc3c(C(=O)O)nn(-c4ccc(S(=O)(=O)O)cc4)c3O)cc2c1O. The fourth-order valence-corrected chi connectivity index (χ4v) is 8.49. The van der Waals surface area contributed by atoms with Gasteiger partial charge < -0.3 is 33.7 Å². The van der Waals surface area contributed by atoms with E-state index < -0.39 is 80.5 Å². The van der Waals surface area contributed by atoms with Gasteiger partial charge in [0.15, 0.2) is 11.4 Å². The van der Waals surface area contributed by atoms with E-state index in [9.17, 15) is 59.7 Å². The van der Waals surface area contributed by atoms with Crippen molar-refractivity contribution in [2.45, 2.75) is 19.6 Å². The van der Waals surface area contributed by atoms with Crippen LogP contribution in [0.5, 0.6) is 17.4 Å². The number of fused-ring (bicyclic) bond motifs is 2. The number of hydrogen-bond donors (Lipinski definition) is 9. The Morgan fingerprint density at radius 3 is 1.85 bits per heavy atom. The van der Waals surface area contributed by atoms with E-state index in [1.54, 1.807) is 0 Å². The normalized spacial score (nSPS) is 12.9. The second kappa shape index (κ2) is 18.5. The van der Waals surface area contributed by atoms with Crippen molar-refractivity contribution in [1.29, 1.82) is 0 Å². The summed E-state index contributed by atoms with van der Waals surface area (Å²) in [6.07, 6.45) is 0. The third kappa shape index (κ3) is 10.1. The van der Waals surface area contributed by atoms with Gasteiger partial charge in [-0.25, -0.2) is 10.1 Å². The smallest absolute Gasteiger partial charge is 0.358 e. The van der Waals surface area contributed by atoms with Crippen molar-refractivity contribution in [2.75, 3.05) is 7.11 Å². The van der Waals surface area contributed by atoms with Gasteiger partial charge in [0.2, 0.25) is 11.6 Å². The number of aromatic carboxylic acids is 1. The fraction of sp³-hybridized carbons (Fsp3) is 0.0270. The second-order valence-corrected chi connectivity index (χ2v) is 18.2. The van der Waals surface area contributed by atoms with Crippen LogP contribution in [-0.2, 0) is 29.6 Å². The Hall–Kier alpha value is -7.00. The van der Waals surface area contributed by atoms with Crippen molar-refractivity contribution in [3.8, 4) is 23.1 Å². The molecule has 342 valence electrons. The standard InChI is InChI=1S/C37H28N8O17S4/c1-60-29-16-22(39-38-20-4-2-18-12-24(63-62-61-50)17-30(26(18)14-20)65(54,55)56)6-11-28(29)41-42-32-31(66(57,58)59)13-19-3-5-21(15-27(19)35(32)46)40-43-33-34(37(48)49)44-45(36(33)47)23-7-9-25(10-8-23)64(51,52)53/h2-17,46-47,50,57-59H,1H3,(H,48,49)(H,51,52,53)(H,54,55,56). The third-order valence-electron chi connectivity index (χ3n) is 9.03. The zero-order valence-corrected chi connectivity index (χ0v) is 36.0. The van der Waals surface area contributed by atoms with Crippen molar-refractivity contribution in [1.82, 2.24) is 9.78 Å². The summed E-state index contributed by atoms with van der Waals surface area (Å²) in [5.74, 6) is -3.12. The number of methoxy groups -OCH3 is 1. The third-order valence-corrected chi connectivity index (χ3v) is 12.2. The molecule has 1 heterocycles.